The van der Waals surface area contributed by atoms with Gasteiger partial charge in [0.15, 0.2) is 0 Å². The quantitative estimate of drug-likeness (QED) is 0.820. The molecule has 1 N–H and O–H groups in total. The van der Waals surface area contributed by atoms with Crippen molar-refractivity contribution in [3.8, 4) is 0 Å². The molecule has 1 aromatic heterocycles. The molecule has 1 saturated heterocycles. The van der Waals surface area contributed by atoms with Gasteiger partial charge >= 0.3 is 5.69 Å². The van der Waals surface area contributed by atoms with Gasteiger partial charge in [-0.25, -0.2) is 9.48 Å². The van der Waals surface area contributed by atoms with Gasteiger partial charge in [0.25, 0.3) is 0 Å². The molecule has 2 aromatic rings. The Hall–Kier alpha value is -2.90. The van der Waals surface area contributed by atoms with E-state index < -0.39 is 0 Å². The smallest absolute Gasteiger partial charge is 0.346 e. The molecule has 1 aliphatic rings. The van der Waals surface area contributed by atoms with Crippen LogP contribution >= 0.6 is 0 Å². The second-order valence-corrected chi connectivity index (χ2v) is 6.86. The minimum Gasteiger partial charge on any atom is -0.354 e. The molecule has 0 saturated carbocycles. The monoisotopic (exact) mass is 371 g/mol. The van der Waals surface area contributed by atoms with E-state index in [1.54, 1.807) is 16.4 Å². The summed E-state index contributed by atoms with van der Waals surface area (Å²) < 4.78 is 2.81. The van der Waals surface area contributed by atoms with Crippen LogP contribution in [0.25, 0.3) is 0 Å². The maximum atomic E-state index is 12.7. The zero-order valence-corrected chi connectivity index (χ0v) is 15.7. The summed E-state index contributed by atoms with van der Waals surface area (Å²) >= 11 is 0. The maximum absolute atomic E-state index is 12.7. The van der Waals surface area contributed by atoms with Crippen molar-refractivity contribution in [1.29, 1.82) is 0 Å². The molecular weight excluding hydrogens is 346 g/mol. The lowest BCUT2D eigenvalue weighted by Crippen LogP contribution is -2.44. The summed E-state index contributed by atoms with van der Waals surface area (Å²) in [5.74, 6) is 0.327. The lowest BCUT2D eigenvalue weighted by atomic mass is 10.1. The second-order valence-electron chi connectivity index (χ2n) is 6.86. The summed E-state index contributed by atoms with van der Waals surface area (Å²) in [6.07, 6.45) is 0.994. The van der Waals surface area contributed by atoms with Crippen molar-refractivity contribution in [2.24, 2.45) is 0 Å². The number of carbonyl (C=O) groups excluding carboxylic acids is 2. The van der Waals surface area contributed by atoms with Crippen LogP contribution in [0.3, 0.4) is 0 Å². The molecule has 2 amide bonds. The first-order chi connectivity index (χ1) is 13.0. The zero-order chi connectivity index (χ0) is 19.4. The van der Waals surface area contributed by atoms with Crippen molar-refractivity contribution in [3.63, 3.8) is 0 Å². The first kappa shape index (κ1) is 18.9. The number of benzene rings is 1. The lowest BCUT2D eigenvalue weighted by Gasteiger charge is -2.26. The van der Waals surface area contributed by atoms with E-state index in [1.165, 1.54) is 4.68 Å². The van der Waals surface area contributed by atoms with E-state index in [2.05, 4.69) is 10.4 Å². The molecule has 1 unspecified atom stereocenters. The Morgan fingerprint density at radius 2 is 2.00 bits per heavy atom. The fourth-order valence-corrected chi connectivity index (χ4v) is 3.29. The highest BCUT2D eigenvalue weighted by Gasteiger charge is 2.25. The van der Waals surface area contributed by atoms with E-state index in [1.807, 2.05) is 37.3 Å². The number of amides is 2. The SMILES string of the molecule is Cc1nn(CC(=O)N2CCC(=O)NCC2C)c(=O)n1CCc1ccccc1. The second kappa shape index (κ2) is 8.20. The van der Waals surface area contributed by atoms with Crippen molar-refractivity contribution in [2.45, 2.75) is 45.8 Å². The normalized spacial score (nSPS) is 17.5. The Labute approximate surface area is 157 Å². The predicted octanol–water partition coefficient (Wildman–Crippen LogP) is 0.333. The van der Waals surface area contributed by atoms with Crippen LogP contribution in [-0.2, 0) is 29.1 Å². The first-order valence-corrected chi connectivity index (χ1v) is 9.20. The number of nitrogens with zero attached hydrogens (tertiary/aromatic N) is 4. The zero-order valence-electron chi connectivity index (χ0n) is 15.7. The fourth-order valence-electron chi connectivity index (χ4n) is 3.29. The van der Waals surface area contributed by atoms with Crippen LogP contribution in [0, 0.1) is 6.92 Å². The number of nitrogens with one attached hydrogen (secondary N) is 1. The topological polar surface area (TPSA) is 89.2 Å². The van der Waals surface area contributed by atoms with Crippen LogP contribution in [-0.4, -0.2) is 50.2 Å². The van der Waals surface area contributed by atoms with E-state index >= 15 is 0 Å². The minimum atomic E-state index is -0.284. The fraction of sp³-hybridized carbons (Fsp3) is 0.474. The van der Waals surface area contributed by atoms with Crippen LogP contribution in [0.2, 0.25) is 0 Å². The summed E-state index contributed by atoms with van der Waals surface area (Å²) in [5.41, 5.74) is 0.858. The molecule has 8 nitrogen and oxygen atoms in total. The molecule has 1 atom stereocenters. The molecule has 1 aliphatic heterocycles. The Morgan fingerprint density at radius 1 is 1.26 bits per heavy atom. The van der Waals surface area contributed by atoms with E-state index in [0.717, 1.165) is 12.0 Å². The van der Waals surface area contributed by atoms with Crippen LogP contribution in [0.15, 0.2) is 35.1 Å². The van der Waals surface area contributed by atoms with Gasteiger partial charge < -0.3 is 10.2 Å². The van der Waals surface area contributed by atoms with Gasteiger partial charge in [0, 0.05) is 32.1 Å². The van der Waals surface area contributed by atoms with E-state index in [0.29, 0.717) is 25.5 Å². The van der Waals surface area contributed by atoms with E-state index in [-0.39, 0.29) is 36.5 Å². The third-order valence-electron chi connectivity index (χ3n) is 4.89. The molecule has 1 aromatic carbocycles. The summed E-state index contributed by atoms with van der Waals surface area (Å²) in [6.45, 7) is 4.83. The number of aryl methyl sites for hydroxylation is 2. The standard InChI is InChI=1S/C19H25N5O3/c1-14-12-20-17(25)9-11-22(14)18(26)13-24-19(27)23(15(2)21-24)10-8-16-6-4-3-5-7-16/h3-7,14H,8-13H2,1-2H3,(H,20,25). The van der Waals surface area contributed by atoms with Gasteiger partial charge in [-0.05, 0) is 25.8 Å². The molecule has 1 fully saturated rings. The lowest BCUT2D eigenvalue weighted by molar-refractivity contribution is -0.133. The summed E-state index contributed by atoms with van der Waals surface area (Å²) in [7, 11) is 0. The molecule has 2 heterocycles. The highest BCUT2D eigenvalue weighted by molar-refractivity contribution is 5.80. The van der Waals surface area contributed by atoms with Crippen LogP contribution in [0.1, 0.15) is 24.7 Å². The number of aromatic nitrogens is 3. The van der Waals surface area contributed by atoms with Gasteiger partial charge in [0.2, 0.25) is 11.8 Å². The average molecular weight is 371 g/mol. The van der Waals surface area contributed by atoms with Crippen molar-refractivity contribution in [2.75, 3.05) is 13.1 Å². The van der Waals surface area contributed by atoms with Gasteiger partial charge in [-0.1, -0.05) is 30.3 Å². The Balaban J connectivity index is 1.69. The summed E-state index contributed by atoms with van der Waals surface area (Å²) in [6, 6.07) is 9.82. The molecule has 27 heavy (non-hydrogen) atoms. The van der Waals surface area contributed by atoms with Crippen molar-refractivity contribution in [1.82, 2.24) is 24.6 Å². The summed E-state index contributed by atoms with van der Waals surface area (Å²) in [4.78, 5) is 38.5. The van der Waals surface area contributed by atoms with E-state index in [4.69, 9.17) is 0 Å². The van der Waals surface area contributed by atoms with Crippen molar-refractivity contribution >= 4 is 11.8 Å². The highest BCUT2D eigenvalue weighted by Crippen LogP contribution is 2.06. The number of hydrogen-bond donors (Lipinski definition) is 1. The van der Waals surface area contributed by atoms with Crippen LogP contribution in [0.5, 0.6) is 0 Å². The number of hydrogen-bond acceptors (Lipinski definition) is 4. The van der Waals surface area contributed by atoms with E-state index in [9.17, 15) is 14.4 Å². The Morgan fingerprint density at radius 3 is 2.74 bits per heavy atom. The highest BCUT2D eigenvalue weighted by atomic mass is 16.2. The molecule has 0 aliphatic carbocycles. The number of carbonyl (C=O) groups is 2. The Kier molecular flexibility index (Phi) is 5.73. The van der Waals surface area contributed by atoms with Crippen LogP contribution in [0.4, 0.5) is 0 Å². The molecule has 3 rings (SSSR count). The minimum absolute atomic E-state index is 0.0599. The van der Waals surface area contributed by atoms with Gasteiger partial charge in [0.05, 0.1) is 0 Å². The van der Waals surface area contributed by atoms with Crippen molar-refractivity contribution in [3.05, 3.63) is 52.2 Å². The molecular formula is C19H25N5O3. The predicted molar refractivity (Wildman–Crippen MR) is 100 cm³/mol. The Bertz CT molecular complexity index is 871. The third-order valence-corrected chi connectivity index (χ3v) is 4.89. The molecule has 8 heteroatoms. The molecule has 144 valence electrons. The molecule has 0 spiro atoms. The summed E-state index contributed by atoms with van der Waals surface area (Å²) in [5, 5.41) is 7.04. The third kappa shape index (κ3) is 4.45. The van der Waals surface area contributed by atoms with Gasteiger partial charge in [0.1, 0.15) is 12.4 Å². The van der Waals surface area contributed by atoms with Crippen LogP contribution < -0.4 is 11.0 Å². The maximum Gasteiger partial charge on any atom is 0.346 e. The molecule has 0 radical (unpaired) electrons. The number of rotatable bonds is 5. The average Bonchev–Trinajstić information content (AvgIpc) is 2.80. The first-order valence-electron chi connectivity index (χ1n) is 9.20. The largest absolute Gasteiger partial charge is 0.354 e. The van der Waals surface area contributed by atoms with Gasteiger partial charge in [-0.15, -0.1) is 0 Å². The van der Waals surface area contributed by atoms with Crippen molar-refractivity contribution < 1.29 is 9.59 Å². The van der Waals surface area contributed by atoms with Gasteiger partial charge in [-0.3, -0.25) is 14.2 Å². The van der Waals surface area contributed by atoms with Gasteiger partial charge in [-0.2, -0.15) is 5.10 Å². The molecule has 0 bridgehead atoms.